The van der Waals surface area contributed by atoms with Crippen LogP contribution in [0.3, 0.4) is 0 Å². The van der Waals surface area contributed by atoms with Crippen LogP contribution in [0.1, 0.15) is 154 Å². The molecule has 2 aromatic carbocycles. The maximum absolute atomic E-state index is 18.5. The van der Waals surface area contributed by atoms with Gasteiger partial charge in [-0.25, -0.2) is 23.0 Å². The number of hydrogen-bond acceptors (Lipinski definition) is 9. The summed E-state index contributed by atoms with van der Waals surface area (Å²) >= 11 is 0. The Morgan fingerprint density at radius 3 is 2.11 bits per heavy atom. The molecule has 7 rings (SSSR count). The van der Waals surface area contributed by atoms with Crippen molar-refractivity contribution in [3.8, 4) is 34.5 Å². The molecule has 10 nitrogen and oxygen atoms in total. The first-order valence-electron chi connectivity index (χ1n) is 26.5. The average Bonchev–Trinajstić information content (AvgIpc) is 3.79. The van der Waals surface area contributed by atoms with Crippen LogP contribution in [0.5, 0.6) is 11.8 Å². The Morgan fingerprint density at radius 2 is 1.49 bits per heavy atom. The van der Waals surface area contributed by atoms with E-state index in [0.29, 0.717) is 64.8 Å². The highest BCUT2D eigenvalue weighted by Crippen LogP contribution is 2.47. The Bertz CT molecular complexity index is 2600. The number of carbonyl (C=O) groups excluding carboxylic acids is 1. The van der Waals surface area contributed by atoms with Gasteiger partial charge in [0.1, 0.15) is 49.2 Å². The van der Waals surface area contributed by atoms with Crippen molar-refractivity contribution in [2.75, 3.05) is 37.8 Å². The van der Waals surface area contributed by atoms with Crippen LogP contribution in [-0.4, -0.2) is 97.4 Å². The molecule has 15 heteroatoms. The van der Waals surface area contributed by atoms with Crippen LogP contribution < -0.4 is 14.2 Å². The molecule has 0 spiro atoms. The largest absolute Gasteiger partial charge is 0.543 e. The number of pyridine rings is 1. The fourth-order valence-corrected chi connectivity index (χ4v) is 23.3. The fraction of sp³-hybridized carbons (Fsp3) is 0.643. The van der Waals surface area contributed by atoms with Gasteiger partial charge in [0.2, 0.25) is 0 Å². The Labute approximate surface area is 424 Å². The summed E-state index contributed by atoms with van der Waals surface area (Å²) < 4.78 is 70.1. The van der Waals surface area contributed by atoms with Gasteiger partial charge in [0, 0.05) is 43.2 Å². The lowest BCUT2D eigenvalue weighted by molar-refractivity contribution is 0.0211. The van der Waals surface area contributed by atoms with Gasteiger partial charge >= 0.3 is 12.1 Å². The first-order valence-corrected chi connectivity index (χ1v) is 30.9. The smallest absolute Gasteiger partial charge is 0.429 e. The Hall–Kier alpha value is -4.40. The van der Waals surface area contributed by atoms with Crippen molar-refractivity contribution < 1.29 is 31.9 Å². The van der Waals surface area contributed by atoms with E-state index in [1.165, 1.54) is 6.07 Å². The third kappa shape index (κ3) is 10.6. The zero-order valence-electron chi connectivity index (χ0n) is 45.4. The van der Waals surface area contributed by atoms with Gasteiger partial charge in [-0.15, -0.1) is 5.54 Å². The zero-order valence-corrected chi connectivity index (χ0v) is 47.4. The molecule has 3 aliphatic heterocycles. The van der Waals surface area contributed by atoms with E-state index in [0.717, 1.165) is 45.1 Å². The highest BCUT2D eigenvalue weighted by Gasteiger charge is 2.50. The molecule has 3 saturated heterocycles. The van der Waals surface area contributed by atoms with E-state index in [2.05, 4.69) is 99.4 Å². The summed E-state index contributed by atoms with van der Waals surface area (Å²) in [6.45, 7) is 34.1. The number of fused-ring (bicyclic) bond motifs is 3. The molecule has 3 aliphatic rings. The van der Waals surface area contributed by atoms with Gasteiger partial charge in [-0.2, -0.15) is 9.97 Å². The van der Waals surface area contributed by atoms with E-state index < -0.39 is 51.4 Å². The SMILES string of the molecule is CC(C)[Si](C#Cc1c(F)ccc2cc(O[Si](C(C)C)(C(C)C)C(C)C)cc(-c3ncc4c(N5CCCCCCN5C(=O)OC(C)(C)C)nc(OC[C@@]56CCCN5C[C@H](F)C6)nc4c3F)c12)(C(C)C)C(C)C. The molecule has 2 aromatic heterocycles. The molecule has 0 radical (unpaired) electrons. The van der Waals surface area contributed by atoms with Crippen LogP contribution in [0.4, 0.5) is 23.8 Å². The Kier molecular flexibility index (Phi) is 16.2. The number of benzene rings is 2. The predicted molar refractivity (Wildman–Crippen MR) is 287 cm³/mol. The molecule has 0 aliphatic carbocycles. The third-order valence-electron chi connectivity index (χ3n) is 16.1. The van der Waals surface area contributed by atoms with Gasteiger partial charge in [-0.05, 0) is 110 Å². The summed E-state index contributed by atoms with van der Waals surface area (Å²) in [6.07, 6.45) is 5.30. The molecule has 5 heterocycles. The molecule has 0 N–H and O–H groups in total. The summed E-state index contributed by atoms with van der Waals surface area (Å²) in [5.41, 5.74) is 4.39. The van der Waals surface area contributed by atoms with Gasteiger partial charge in [-0.1, -0.05) is 108 Å². The number of carbonyl (C=O) groups is 1. The third-order valence-corrected chi connectivity index (χ3v) is 28.4. The van der Waals surface area contributed by atoms with Crippen molar-refractivity contribution in [3.63, 3.8) is 0 Å². The summed E-state index contributed by atoms with van der Waals surface area (Å²) in [4.78, 5) is 31.0. The topological polar surface area (TPSA) is 93.2 Å². The van der Waals surface area contributed by atoms with E-state index in [1.807, 2.05) is 32.9 Å². The minimum absolute atomic E-state index is 0.0588. The van der Waals surface area contributed by atoms with Gasteiger partial charge in [0.15, 0.2) is 11.6 Å². The Morgan fingerprint density at radius 1 is 0.845 bits per heavy atom. The highest BCUT2D eigenvalue weighted by molar-refractivity contribution is 6.90. The van der Waals surface area contributed by atoms with E-state index in [1.54, 1.807) is 22.3 Å². The minimum Gasteiger partial charge on any atom is -0.543 e. The van der Waals surface area contributed by atoms with Crippen molar-refractivity contribution >= 4 is 50.0 Å². The van der Waals surface area contributed by atoms with Crippen LogP contribution in [0.2, 0.25) is 33.2 Å². The number of hydrogen-bond donors (Lipinski definition) is 0. The predicted octanol–water partition coefficient (Wildman–Crippen LogP) is 14.7. The van der Waals surface area contributed by atoms with Crippen LogP contribution in [0, 0.1) is 23.1 Å². The second-order valence-corrected chi connectivity index (χ2v) is 34.5. The molecule has 1 amide bonds. The molecule has 3 fully saturated rings. The summed E-state index contributed by atoms with van der Waals surface area (Å²) in [5, 5.41) is 4.66. The van der Waals surface area contributed by atoms with Crippen molar-refractivity contribution in [1.29, 1.82) is 0 Å². The lowest BCUT2D eigenvalue weighted by Gasteiger charge is -2.42. The molecule has 4 aromatic rings. The number of rotatable bonds is 13. The second kappa shape index (κ2) is 21.2. The lowest BCUT2D eigenvalue weighted by atomic mass is 9.95. The molecule has 0 unspecified atom stereocenters. The van der Waals surface area contributed by atoms with Crippen LogP contribution >= 0.6 is 0 Å². The van der Waals surface area contributed by atoms with Gasteiger partial charge < -0.3 is 13.9 Å². The molecule has 2 atom stereocenters. The molecule has 0 bridgehead atoms. The first kappa shape index (κ1) is 54.4. The van der Waals surface area contributed by atoms with Gasteiger partial charge in [0.05, 0.1) is 16.5 Å². The zero-order chi connectivity index (χ0) is 52.0. The van der Waals surface area contributed by atoms with Crippen molar-refractivity contribution in [2.24, 2.45) is 0 Å². The van der Waals surface area contributed by atoms with Crippen molar-refractivity contribution in [3.05, 3.63) is 47.7 Å². The molecule has 71 heavy (non-hydrogen) atoms. The van der Waals surface area contributed by atoms with Gasteiger partial charge in [-0.3, -0.25) is 14.9 Å². The number of aromatic nitrogens is 3. The lowest BCUT2D eigenvalue weighted by Crippen LogP contribution is -2.50. The van der Waals surface area contributed by atoms with Crippen molar-refractivity contribution in [1.82, 2.24) is 24.9 Å². The quantitative estimate of drug-likeness (QED) is 0.0959. The summed E-state index contributed by atoms with van der Waals surface area (Å²) in [6, 6.07) is 6.85. The molecular weight excluding hydrogens is 934 g/mol. The van der Waals surface area contributed by atoms with Gasteiger partial charge in [0.25, 0.3) is 8.32 Å². The number of alkyl halides is 1. The molecule has 388 valence electrons. The average molecular weight is 1020 g/mol. The maximum Gasteiger partial charge on any atom is 0.429 e. The normalized spacial score (nSPS) is 19.6. The first-order chi connectivity index (χ1) is 33.4. The number of anilines is 1. The minimum atomic E-state index is -2.57. The molecule has 0 saturated carbocycles. The van der Waals surface area contributed by atoms with E-state index in [9.17, 15) is 4.79 Å². The monoisotopic (exact) mass is 1010 g/mol. The number of nitrogens with zero attached hydrogens (tertiary/aromatic N) is 6. The van der Waals surface area contributed by atoms with Crippen LogP contribution in [0.15, 0.2) is 30.5 Å². The standard InChI is InChI=1S/C56H81F3N6O4Si2/c1-35(2)70(36(3)4,37(5)6)28-23-44-47(58)22-21-41-29-43(69-71(38(7)8,39(9)10)40(11)12)30-45(48(41)44)50-49(59)51-46(32-60-50)52(64-26-18-16-17-19-27-65(64)54(66)68-55(13,14)15)62-53(61-51)67-34-56-24-20-25-63(56)33-42(57)31-56/h21-22,29-30,32,35-40,42H,16-20,24-27,31,33-34H2,1-15H3/t42-,56+/m1/s1. The second-order valence-electron chi connectivity index (χ2n) is 23.6. The summed E-state index contributed by atoms with van der Waals surface area (Å²) in [5.74, 6) is 2.95. The number of amides is 1. The van der Waals surface area contributed by atoms with E-state index in [4.69, 9.17) is 28.9 Å². The van der Waals surface area contributed by atoms with E-state index in [-0.39, 0.29) is 57.2 Å². The number of halogens is 3. The Balaban J connectivity index is 1.52. The fourth-order valence-electron chi connectivity index (χ4n) is 12.9. The van der Waals surface area contributed by atoms with Crippen LogP contribution in [0.25, 0.3) is 32.9 Å². The molecular formula is C56H81F3N6O4Si2. The summed E-state index contributed by atoms with van der Waals surface area (Å²) in [7, 11) is -4.94. The van der Waals surface area contributed by atoms with E-state index >= 15 is 13.2 Å². The highest BCUT2D eigenvalue weighted by atomic mass is 28.4. The number of ether oxygens (including phenoxy) is 2. The maximum atomic E-state index is 18.5. The number of hydrazine groups is 1. The van der Waals surface area contributed by atoms with Crippen LogP contribution in [-0.2, 0) is 4.74 Å². The van der Waals surface area contributed by atoms with Crippen molar-refractivity contribution in [2.45, 2.75) is 199 Å².